The summed E-state index contributed by atoms with van der Waals surface area (Å²) in [5.74, 6) is 0.705. The van der Waals surface area contributed by atoms with E-state index in [1.165, 1.54) is 0 Å². The summed E-state index contributed by atoms with van der Waals surface area (Å²) in [6.45, 7) is 0. The van der Waals surface area contributed by atoms with Crippen LogP contribution >= 0.6 is 11.8 Å². The van der Waals surface area contributed by atoms with Crippen molar-refractivity contribution < 1.29 is 9.90 Å². The van der Waals surface area contributed by atoms with Crippen molar-refractivity contribution in [3.63, 3.8) is 0 Å². The van der Waals surface area contributed by atoms with E-state index in [0.29, 0.717) is 12.8 Å². The number of nitriles is 1. The fourth-order valence-electron chi connectivity index (χ4n) is 0.689. The van der Waals surface area contributed by atoms with Crippen molar-refractivity contribution in [3.8, 4) is 6.07 Å². The van der Waals surface area contributed by atoms with Crippen LogP contribution in [0.25, 0.3) is 0 Å². The topological polar surface area (TPSA) is 87.1 Å². The molecule has 0 aliphatic heterocycles. The van der Waals surface area contributed by atoms with E-state index in [0.717, 1.165) is 17.9 Å². The molecule has 0 radical (unpaired) electrons. The first-order valence-electron chi connectivity index (χ1n) is 4.11. The molecule has 0 amide bonds. The van der Waals surface area contributed by atoms with Crippen LogP contribution in [0.3, 0.4) is 0 Å². The fourth-order valence-corrected chi connectivity index (χ4v) is 1.66. The van der Waals surface area contributed by atoms with Gasteiger partial charge in [0.1, 0.15) is 6.04 Å². The molecular formula is C8H14N2O2S. The highest BCUT2D eigenvalue weighted by molar-refractivity contribution is 7.99. The van der Waals surface area contributed by atoms with Crippen LogP contribution < -0.4 is 5.73 Å². The molecule has 0 aromatic heterocycles. The molecule has 0 rings (SSSR count). The molecular weight excluding hydrogens is 188 g/mol. The molecule has 0 saturated heterocycles. The summed E-state index contributed by atoms with van der Waals surface area (Å²) in [7, 11) is 0. The number of unbranched alkanes of at least 4 members (excludes halogenated alkanes) is 1. The Bertz CT molecular complexity index is 191. The molecule has 3 N–H and O–H groups in total. The molecule has 0 aliphatic carbocycles. The predicted octanol–water partition coefficient (Wildman–Crippen LogP) is 0.825. The highest BCUT2D eigenvalue weighted by atomic mass is 32.2. The standard InChI is InChI=1S/C8H14N2O2S/c9-4-1-2-5-13-6-3-7(10)8(11)12/h7H,1-3,5-6,10H2,(H,11,12). The second-order valence-electron chi connectivity index (χ2n) is 2.61. The van der Waals surface area contributed by atoms with Gasteiger partial charge in [-0.3, -0.25) is 4.79 Å². The molecule has 0 bridgehead atoms. The van der Waals surface area contributed by atoms with Gasteiger partial charge in [0.05, 0.1) is 6.07 Å². The zero-order chi connectivity index (χ0) is 10.1. The monoisotopic (exact) mass is 202 g/mol. The molecule has 1 unspecified atom stereocenters. The lowest BCUT2D eigenvalue weighted by atomic mass is 10.2. The summed E-state index contributed by atoms with van der Waals surface area (Å²) >= 11 is 1.64. The second kappa shape index (κ2) is 7.90. The number of aliphatic carboxylic acids is 1. The van der Waals surface area contributed by atoms with Crippen molar-refractivity contribution in [2.45, 2.75) is 25.3 Å². The molecule has 13 heavy (non-hydrogen) atoms. The molecule has 0 heterocycles. The van der Waals surface area contributed by atoms with Gasteiger partial charge in [-0.15, -0.1) is 0 Å². The molecule has 0 saturated carbocycles. The fraction of sp³-hybridized carbons (Fsp3) is 0.750. The third kappa shape index (κ3) is 7.62. The quantitative estimate of drug-likeness (QED) is 0.597. The summed E-state index contributed by atoms with van der Waals surface area (Å²) in [5.41, 5.74) is 5.29. The molecule has 0 fully saturated rings. The van der Waals surface area contributed by atoms with Gasteiger partial charge in [0.25, 0.3) is 0 Å². The minimum absolute atomic E-state index is 0.493. The van der Waals surface area contributed by atoms with Gasteiger partial charge in [-0.1, -0.05) is 0 Å². The largest absolute Gasteiger partial charge is 0.480 e. The highest BCUT2D eigenvalue weighted by Gasteiger charge is 2.09. The van der Waals surface area contributed by atoms with Gasteiger partial charge in [0.15, 0.2) is 0 Å². The van der Waals surface area contributed by atoms with E-state index in [2.05, 4.69) is 6.07 Å². The third-order valence-corrected chi connectivity index (χ3v) is 2.57. The maximum Gasteiger partial charge on any atom is 0.320 e. The summed E-state index contributed by atoms with van der Waals surface area (Å²) in [4.78, 5) is 10.3. The number of rotatable bonds is 7. The Kier molecular flexibility index (Phi) is 7.45. The first kappa shape index (κ1) is 12.3. The van der Waals surface area contributed by atoms with Crippen LogP contribution in [0.4, 0.5) is 0 Å². The number of carboxylic acids is 1. The maximum absolute atomic E-state index is 10.3. The molecule has 0 spiro atoms. The van der Waals surface area contributed by atoms with Gasteiger partial charge >= 0.3 is 5.97 Å². The van der Waals surface area contributed by atoms with Crippen LogP contribution in [0.1, 0.15) is 19.3 Å². The van der Waals surface area contributed by atoms with Gasteiger partial charge in [-0.2, -0.15) is 17.0 Å². The summed E-state index contributed by atoms with van der Waals surface area (Å²) in [6.07, 6.45) is 1.92. The Morgan fingerprint density at radius 2 is 2.31 bits per heavy atom. The lowest BCUT2D eigenvalue weighted by Gasteiger charge is -2.04. The zero-order valence-electron chi connectivity index (χ0n) is 7.40. The molecule has 74 valence electrons. The number of nitrogens with zero attached hydrogens (tertiary/aromatic N) is 1. The lowest BCUT2D eigenvalue weighted by Crippen LogP contribution is -2.30. The minimum atomic E-state index is -0.947. The minimum Gasteiger partial charge on any atom is -0.480 e. The predicted molar refractivity (Wildman–Crippen MR) is 52.4 cm³/mol. The Labute approximate surface area is 82.1 Å². The third-order valence-electron chi connectivity index (χ3n) is 1.47. The number of hydrogen-bond donors (Lipinski definition) is 2. The Morgan fingerprint density at radius 1 is 1.62 bits per heavy atom. The van der Waals surface area contributed by atoms with E-state index in [-0.39, 0.29) is 0 Å². The van der Waals surface area contributed by atoms with E-state index in [4.69, 9.17) is 16.1 Å². The normalized spacial score (nSPS) is 12.0. The average molecular weight is 202 g/mol. The molecule has 0 aliphatic rings. The molecule has 0 aromatic carbocycles. The van der Waals surface area contributed by atoms with E-state index in [1.807, 2.05) is 0 Å². The molecule has 4 nitrogen and oxygen atoms in total. The van der Waals surface area contributed by atoms with Crippen LogP contribution in [0, 0.1) is 11.3 Å². The number of carbonyl (C=O) groups is 1. The van der Waals surface area contributed by atoms with E-state index in [9.17, 15) is 4.79 Å². The zero-order valence-corrected chi connectivity index (χ0v) is 8.22. The van der Waals surface area contributed by atoms with Crippen LogP contribution in [-0.2, 0) is 4.79 Å². The summed E-state index contributed by atoms with van der Waals surface area (Å²) in [5, 5.41) is 16.7. The van der Waals surface area contributed by atoms with Crippen molar-refractivity contribution in [2.24, 2.45) is 5.73 Å². The number of nitrogens with two attached hydrogens (primary N) is 1. The maximum atomic E-state index is 10.3. The van der Waals surface area contributed by atoms with Gasteiger partial charge in [-0.25, -0.2) is 0 Å². The summed E-state index contributed by atoms with van der Waals surface area (Å²) < 4.78 is 0. The van der Waals surface area contributed by atoms with Crippen molar-refractivity contribution in [3.05, 3.63) is 0 Å². The smallest absolute Gasteiger partial charge is 0.320 e. The lowest BCUT2D eigenvalue weighted by molar-refractivity contribution is -0.138. The van der Waals surface area contributed by atoms with Gasteiger partial charge < -0.3 is 10.8 Å². The van der Waals surface area contributed by atoms with Crippen molar-refractivity contribution >= 4 is 17.7 Å². The van der Waals surface area contributed by atoms with Crippen molar-refractivity contribution in [1.82, 2.24) is 0 Å². The average Bonchev–Trinajstić information content (AvgIpc) is 2.10. The van der Waals surface area contributed by atoms with E-state index >= 15 is 0 Å². The van der Waals surface area contributed by atoms with Crippen LogP contribution in [-0.4, -0.2) is 28.6 Å². The van der Waals surface area contributed by atoms with Gasteiger partial charge in [0.2, 0.25) is 0 Å². The Morgan fingerprint density at radius 3 is 2.85 bits per heavy atom. The number of thioether (sulfide) groups is 1. The van der Waals surface area contributed by atoms with E-state index < -0.39 is 12.0 Å². The Balaban J connectivity index is 3.17. The van der Waals surface area contributed by atoms with Crippen molar-refractivity contribution in [1.29, 1.82) is 5.26 Å². The molecule has 0 aromatic rings. The highest BCUT2D eigenvalue weighted by Crippen LogP contribution is 2.07. The molecule has 1 atom stereocenters. The second-order valence-corrected chi connectivity index (χ2v) is 3.83. The summed E-state index contributed by atoms with van der Waals surface area (Å²) in [6, 6.07) is 1.31. The first-order valence-corrected chi connectivity index (χ1v) is 5.27. The van der Waals surface area contributed by atoms with Gasteiger partial charge in [0, 0.05) is 6.42 Å². The van der Waals surface area contributed by atoms with Crippen molar-refractivity contribution in [2.75, 3.05) is 11.5 Å². The van der Waals surface area contributed by atoms with E-state index in [1.54, 1.807) is 11.8 Å². The Hall–Kier alpha value is -0.730. The number of hydrogen-bond acceptors (Lipinski definition) is 4. The SMILES string of the molecule is N#CCCCSCCC(N)C(=O)O. The first-order chi connectivity index (χ1) is 6.18. The van der Waals surface area contributed by atoms with Gasteiger partial charge in [-0.05, 0) is 24.3 Å². The van der Waals surface area contributed by atoms with Crippen LogP contribution in [0.15, 0.2) is 0 Å². The van der Waals surface area contributed by atoms with Crippen LogP contribution in [0.2, 0.25) is 0 Å². The number of carboxylic acid groups (broad SMARTS) is 1. The molecule has 5 heteroatoms. The van der Waals surface area contributed by atoms with Crippen LogP contribution in [0.5, 0.6) is 0 Å².